The van der Waals surface area contributed by atoms with Crippen LogP contribution in [0.1, 0.15) is 26.2 Å². The number of hydrogen-bond donors (Lipinski definition) is 1. The Morgan fingerprint density at radius 2 is 2.10 bits per heavy atom. The molecule has 0 amide bonds. The molecule has 1 N–H and O–H groups in total. The summed E-state index contributed by atoms with van der Waals surface area (Å²) in [4.78, 5) is 0. The Morgan fingerprint density at radius 1 is 1.40 bits per heavy atom. The van der Waals surface area contributed by atoms with Crippen LogP contribution < -0.4 is 5.32 Å². The van der Waals surface area contributed by atoms with Gasteiger partial charge in [-0.05, 0) is 26.3 Å². The minimum absolute atomic E-state index is 0.0428. The van der Waals surface area contributed by atoms with Gasteiger partial charge in [0.1, 0.15) is 0 Å². The highest BCUT2D eigenvalue weighted by Crippen LogP contribution is 2.27. The largest absolute Gasteiger partial charge is 0.309 e. The molecule has 1 nitrogen and oxygen atoms in total. The summed E-state index contributed by atoms with van der Waals surface area (Å²) in [5.41, 5.74) is 0. The van der Waals surface area contributed by atoms with Gasteiger partial charge in [-0.25, -0.2) is 8.78 Å². The highest BCUT2D eigenvalue weighted by Gasteiger charge is 2.36. The molecule has 0 aromatic rings. The van der Waals surface area contributed by atoms with Crippen molar-refractivity contribution in [3.63, 3.8) is 0 Å². The van der Waals surface area contributed by atoms with E-state index in [2.05, 4.69) is 5.32 Å². The fraction of sp³-hybridized carbons (Fsp3) is 1.00. The summed E-state index contributed by atoms with van der Waals surface area (Å²) in [6, 6.07) is -0.644. The summed E-state index contributed by atoms with van der Waals surface area (Å²) in [5, 5.41) is 2.78. The predicted octanol–water partition coefficient (Wildman–Crippen LogP) is 1.78. The van der Waals surface area contributed by atoms with Crippen LogP contribution in [0.3, 0.4) is 0 Å². The first kappa shape index (κ1) is 7.92. The van der Waals surface area contributed by atoms with Gasteiger partial charge in [0.15, 0.2) is 0 Å². The van der Waals surface area contributed by atoms with Gasteiger partial charge < -0.3 is 5.32 Å². The maximum absolute atomic E-state index is 12.8. The zero-order valence-electron chi connectivity index (χ0n) is 6.16. The standard InChI is InChI=1S/C7H13F2N/c1-6-7(8,9)4-2-3-5-10-6/h6,10H,2-5H2,1H3. The van der Waals surface area contributed by atoms with Crippen LogP contribution in [-0.4, -0.2) is 18.5 Å². The summed E-state index contributed by atoms with van der Waals surface area (Å²) in [6.45, 7) is 2.28. The zero-order valence-corrected chi connectivity index (χ0v) is 6.16. The van der Waals surface area contributed by atoms with Crippen molar-refractivity contribution in [2.24, 2.45) is 0 Å². The minimum atomic E-state index is -2.49. The van der Waals surface area contributed by atoms with Gasteiger partial charge in [0.05, 0.1) is 6.04 Å². The van der Waals surface area contributed by atoms with Gasteiger partial charge in [-0.2, -0.15) is 0 Å². The van der Waals surface area contributed by atoms with E-state index in [4.69, 9.17) is 0 Å². The van der Waals surface area contributed by atoms with Crippen molar-refractivity contribution >= 4 is 0 Å². The van der Waals surface area contributed by atoms with E-state index in [0.29, 0.717) is 6.42 Å². The third kappa shape index (κ3) is 1.66. The summed E-state index contributed by atoms with van der Waals surface area (Å²) in [7, 11) is 0. The van der Waals surface area contributed by atoms with E-state index in [0.717, 1.165) is 13.0 Å². The average Bonchev–Trinajstić information content (AvgIpc) is 1.96. The molecule has 1 unspecified atom stereocenters. The van der Waals surface area contributed by atoms with Gasteiger partial charge in [0.2, 0.25) is 0 Å². The van der Waals surface area contributed by atoms with Crippen molar-refractivity contribution in [1.29, 1.82) is 0 Å². The molecule has 0 bridgehead atoms. The second-order valence-electron chi connectivity index (χ2n) is 2.89. The third-order valence-electron chi connectivity index (χ3n) is 2.02. The molecular formula is C7H13F2N. The molecule has 0 spiro atoms. The van der Waals surface area contributed by atoms with E-state index in [1.807, 2.05) is 0 Å². The van der Waals surface area contributed by atoms with Crippen molar-refractivity contribution in [2.75, 3.05) is 6.54 Å². The second kappa shape index (κ2) is 2.82. The number of alkyl halides is 2. The lowest BCUT2D eigenvalue weighted by atomic mass is 10.1. The molecule has 10 heavy (non-hydrogen) atoms. The Balaban J connectivity index is 2.52. The highest BCUT2D eigenvalue weighted by atomic mass is 19.3. The fourth-order valence-corrected chi connectivity index (χ4v) is 1.17. The lowest BCUT2D eigenvalue weighted by molar-refractivity contribution is -0.0336. The molecule has 0 aromatic carbocycles. The first-order chi connectivity index (χ1) is 4.63. The molecule has 0 radical (unpaired) electrons. The third-order valence-corrected chi connectivity index (χ3v) is 2.02. The number of nitrogens with one attached hydrogen (secondary N) is 1. The van der Waals surface area contributed by atoms with Crippen LogP contribution in [0.25, 0.3) is 0 Å². The quantitative estimate of drug-likeness (QED) is 0.553. The van der Waals surface area contributed by atoms with Gasteiger partial charge in [-0.15, -0.1) is 0 Å². The SMILES string of the molecule is CC1NCCCCC1(F)F. The Kier molecular flexibility index (Phi) is 2.24. The van der Waals surface area contributed by atoms with Gasteiger partial charge in [0.25, 0.3) is 5.92 Å². The van der Waals surface area contributed by atoms with Crippen LogP contribution in [0.4, 0.5) is 8.78 Å². The molecule has 1 fully saturated rings. The van der Waals surface area contributed by atoms with Crippen molar-refractivity contribution in [3.05, 3.63) is 0 Å². The van der Waals surface area contributed by atoms with E-state index >= 15 is 0 Å². The molecule has 1 saturated heterocycles. The van der Waals surface area contributed by atoms with Crippen LogP contribution in [0.5, 0.6) is 0 Å². The van der Waals surface area contributed by atoms with E-state index < -0.39 is 12.0 Å². The summed E-state index contributed by atoms with van der Waals surface area (Å²) in [5.74, 6) is -2.49. The number of halogens is 2. The maximum Gasteiger partial charge on any atom is 0.262 e. The van der Waals surface area contributed by atoms with Crippen LogP contribution in [-0.2, 0) is 0 Å². The van der Waals surface area contributed by atoms with E-state index in [9.17, 15) is 8.78 Å². The van der Waals surface area contributed by atoms with Crippen LogP contribution in [0, 0.1) is 0 Å². The molecule has 1 aliphatic rings. The van der Waals surface area contributed by atoms with Crippen molar-refractivity contribution < 1.29 is 8.78 Å². The molecule has 1 rings (SSSR count). The monoisotopic (exact) mass is 149 g/mol. The lowest BCUT2D eigenvalue weighted by Gasteiger charge is -2.20. The van der Waals surface area contributed by atoms with Crippen LogP contribution in [0.15, 0.2) is 0 Å². The number of rotatable bonds is 0. The van der Waals surface area contributed by atoms with Crippen molar-refractivity contribution in [1.82, 2.24) is 5.32 Å². The average molecular weight is 149 g/mol. The van der Waals surface area contributed by atoms with Gasteiger partial charge >= 0.3 is 0 Å². The Bertz CT molecular complexity index is 114. The first-order valence-corrected chi connectivity index (χ1v) is 3.74. The summed E-state index contributed by atoms with van der Waals surface area (Å²) < 4.78 is 25.6. The lowest BCUT2D eigenvalue weighted by Crippen LogP contribution is -2.40. The van der Waals surface area contributed by atoms with Crippen molar-refractivity contribution in [2.45, 2.75) is 38.2 Å². The summed E-state index contributed by atoms with van der Waals surface area (Å²) in [6.07, 6.45) is 1.56. The Morgan fingerprint density at radius 3 is 2.80 bits per heavy atom. The van der Waals surface area contributed by atoms with Gasteiger partial charge in [-0.3, -0.25) is 0 Å². The molecule has 0 aromatic heterocycles. The highest BCUT2D eigenvalue weighted by molar-refractivity contribution is 4.81. The minimum Gasteiger partial charge on any atom is -0.309 e. The molecule has 1 aliphatic heterocycles. The predicted molar refractivity (Wildman–Crippen MR) is 36.3 cm³/mol. The fourth-order valence-electron chi connectivity index (χ4n) is 1.17. The smallest absolute Gasteiger partial charge is 0.262 e. The Hall–Kier alpha value is -0.180. The molecule has 3 heteroatoms. The van der Waals surface area contributed by atoms with Crippen LogP contribution >= 0.6 is 0 Å². The van der Waals surface area contributed by atoms with Crippen LogP contribution in [0.2, 0.25) is 0 Å². The van der Waals surface area contributed by atoms with Gasteiger partial charge in [-0.1, -0.05) is 0 Å². The molecule has 60 valence electrons. The van der Waals surface area contributed by atoms with Gasteiger partial charge in [0, 0.05) is 6.42 Å². The van der Waals surface area contributed by atoms with E-state index in [1.165, 1.54) is 0 Å². The number of hydrogen-bond acceptors (Lipinski definition) is 1. The zero-order chi connectivity index (χ0) is 7.61. The normalized spacial score (nSPS) is 33.3. The Labute approximate surface area is 59.8 Å². The molecule has 0 saturated carbocycles. The second-order valence-corrected chi connectivity index (χ2v) is 2.89. The maximum atomic E-state index is 12.8. The topological polar surface area (TPSA) is 12.0 Å². The molecular weight excluding hydrogens is 136 g/mol. The molecule has 0 aliphatic carbocycles. The van der Waals surface area contributed by atoms with E-state index in [-0.39, 0.29) is 6.42 Å². The molecule has 1 atom stereocenters. The van der Waals surface area contributed by atoms with E-state index in [1.54, 1.807) is 6.92 Å². The summed E-state index contributed by atoms with van der Waals surface area (Å²) >= 11 is 0. The van der Waals surface area contributed by atoms with Crippen molar-refractivity contribution in [3.8, 4) is 0 Å². The molecule has 1 heterocycles. The first-order valence-electron chi connectivity index (χ1n) is 3.74.